The van der Waals surface area contributed by atoms with E-state index in [4.69, 9.17) is 22.6 Å². The number of nitrogens with two attached hydrogens (primary N) is 1. The van der Waals surface area contributed by atoms with Crippen LogP contribution in [0.2, 0.25) is 5.02 Å². The molecule has 0 heterocycles. The maximum atomic E-state index is 8.64. The predicted molar refractivity (Wildman–Crippen MR) is 61.0 cm³/mol. The number of nitriles is 1. The van der Waals surface area contributed by atoms with Crippen LogP contribution in [0.15, 0.2) is 23.2 Å². The largest absolute Gasteiger partial charge is 0.378 e. The Morgan fingerprint density at radius 1 is 1.64 bits per heavy atom. The summed E-state index contributed by atoms with van der Waals surface area (Å²) in [4.78, 5) is 4.08. The van der Waals surface area contributed by atoms with Gasteiger partial charge >= 0.3 is 0 Å². The molecule has 0 aliphatic rings. The van der Waals surface area contributed by atoms with Crippen molar-refractivity contribution >= 4 is 34.2 Å². The van der Waals surface area contributed by atoms with Crippen molar-refractivity contribution < 1.29 is 0 Å². The lowest BCUT2D eigenvalue weighted by molar-refractivity contribution is 1.46. The van der Waals surface area contributed by atoms with Crippen LogP contribution in [-0.2, 0) is 0 Å². The minimum atomic E-state index is 0.391. The summed E-state index contributed by atoms with van der Waals surface area (Å²) in [6.45, 7) is 0. The van der Waals surface area contributed by atoms with Gasteiger partial charge in [0.15, 0.2) is 5.17 Å². The van der Waals surface area contributed by atoms with E-state index >= 15 is 0 Å². The van der Waals surface area contributed by atoms with Gasteiger partial charge < -0.3 is 5.73 Å². The van der Waals surface area contributed by atoms with Gasteiger partial charge in [-0.15, -0.1) is 0 Å². The molecule has 1 aromatic rings. The van der Waals surface area contributed by atoms with Gasteiger partial charge in [0.2, 0.25) is 0 Å². The number of halogens is 1. The number of nitrogens with zero attached hydrogens (tertiary/aromatic N) is 2. The van der Waals surface area contributed by atoms with Gasteiger partial charge in [0.1, 0.15) is 6.07 Å². The Balaban J connectivity index is 3.05. The highest BCUT2D eigenvalue weighted by molar-refractivity contribution is 8.13. The molecule has 0 atom stereocenters. The average molecular weight is 226 g/mol. The molecule has 1 rings (SSSR count). The number of amidine groups is 1. The van der Waals surface area contributed by atoms with Crippen LogP contribution < -0.4 is 5.73 Å². The highest BCUT2D eigenvalue weighted by atomic mass is 35.5. The van der Waals surface area contributed by atoms with Crippen LogP contribution in [0.1, 0.15) is 5.56 Å². The fourth-order valence-electron chi connectivity index (χ4n) is 0.837. The number of hydrogen-bond acceptors (Lipinski definition) is 3. The van der Waals surface area contributed by atoms with E-state index in [1.165, 1.54) is 11.8 Å². The summed E-state index contributed by atoms with van der Waals surface area (Å²) in [5.74, 6) is 0. The third-order valence-corrected chi connectivity index (χ3v) is 2.34. The van der Waals surface area contributed by atoms with Gasteiger partial charge in [-0.1, -0.05) is 23.4 Å². The molecule has 0 saturated heterocycles. The topological polar surface area (TPSA) is 62.2 Å². The molecule has 0 bridgehead atoms. The standard InChI is InChI=1S/C9H8ClN3S/c1-14-9(12)13-7-3-2-6(5-11)8(10)4-7/h2-4H,1H3,(H2,12,13). The van der Waals surface area contributed by atoms with Crippen LogP contribution in [0.3, 0.4) is 0 Å². The molecule has 2 N–H and O–H groups in total. The Morgan fingerprint density at radius 2 is 2.36 bits per heavy atom. The molecule has 0 fully saturated rings. The van der Waals surface area contributed by atoms with Crippen molar-refractivity contribution in [1.29, 1.82) is 5.26 Å². The quantitative estimate of drug-likeness (QED) is 0.590. The molecule has 0 radical (unpaired) electrons. The molecule has 0 spiro atoms. The van der Waals surface area contributed by atoms with Crippen LogP contribution in [0.5, 0.6) is 0 Å². The van der Waals surface area contributed by atoms with Crippen LogP contribution in [0.4, 0.5) is 5.69 Å². The maximum Gasteiger partial charge on any atom is 0.158 e. The Morgan fingerprint density at radius 3 is 2.86 bits per heavy atom. The van der Waals surface area contributed by atoms with E-state index in [1.54, 1.807) is 18.2 Å². The van der Waals surface area contributed by atoms with Gasteiger partial charge in [0.25, 0.3) is 0 Å². The Labute approximate surface area is 91.6 Å². The molecule has 0 amide bonds. The van der Waals surface area contributed by atoms with E-state index in [1.807, 2.05) is 12.3 Å². The predicted octanol–water partition coefficient (Wildman–Crippen LogP) is 2.52. The van der Waals surface area contributed by atoms with Gasteiger partial charge in [-0.3, -0.25) is 0 Å². The monoisotopic (exact) mass is 225 g/mol. The van der Waals surface area contributed by atoms with Crippen molar-refractivity contribution in [3.63, 3.8) is 0 Å². The van der Waals surface area contributed by atoms with Crippen molar-refractivity contribution in [2.24, 2.45) is 10.7 Å². The first-order valence-electron chi connectivity index (χ1n) is 3.75. The second-order valence-corrected chi connectivity index (χ2v) is 3.66. The van der Waals surface area contributed by atoms with Crippen molar-refractivity contribution in [3.05, 3.63) is 28.8 Å². The Kier molecular flexibility index (Phi) is 3.81. The van der Waals surface area contributed by atoms with Crippen LogP contribution in [0.25, 0.3) is 0 Å². The minimum absolute atomic E-state index is 0.391. The molecule has 1 aromatic carbocycles. The molecule has 5 heteroatoms. The van der Waals surface area contributed by atoms with Gasteiger partial charge in [-0.2, -0.15) is 5.26 Å². The lowest BCUT2D eigenvalue weighted by Gasteiger charge is -1.98. The first kappa shape index (κ1) is 10.9. The van der Waals surface area contributed by atoms with E-state index in [-0.39, 0.29) is 0 Å². The molecule has 0 aliphatic heterocycles. The first-order valence-corrected chi connectivity index (χ1v) is 5.35. The summed E-state index contributed by atoms with van der Waals surface area (Å²) in [7, 11) is 0. The maximum absolute atomic E-state index is 8.64. The summed E-state index contributed by atoms with van der Waals surface area (Å²) in [5, 5.41) is 9.49. The number of thioether (sulfide) groups is 1. The minimum Gasteiger partial charge on any atom is -0.378 e. The molecule has 0 aromatic heterocycles. The molecule has 0 aliphatic carbocycles. The molecule has 72 valence electrons. The van der Waals surface area contributed by atoms with Crippen molar-refractivity contribution in [3.8, 4) is 6.07 Å². The van der Waals surface area contributed by atoms with E-state index in [2.05, 4.69) is 4.99 Å². The highest BCUT2D eigenvalue weighted by Gasteiger charge is 2.00. The number of benzene rings is 1. The Hall–Kier alpha value is -1.18. The molecule has 0 unspecified atom stereocenters. The van der Waals surface area contributed by atoms with E-state index < -0.39 is 0 Å². The molecular formula is C9H8ClN3S. The van der Waals surface area contributed by atoms with Gasteiger partial charge in [-0.25, -0.2) is 4.99 Å². The fraction of sp³-hybridized carbons (Fsp3) is 0.111. The third kappa shape index (κ3) is 2.66. The average Bonchev–Trinajstić information content (AvgIpc) is 2.18. The summed E-state index contributed by atoms with van der Waals surface area (Å²) < 4.78 is 0. The van der Waals surface area contributed by atoms with Crippen molar-refractivity contribution in [2.75, 3.05) is 6.26 Å². The van der Waals surface area contributed by atoms with E-state index in [0.29, 0.717) is 21.4 Å². The molecule has 3 nitrogen and oxygen atoms in total. The SMILES string of the molecule is CSC(N)=Nc1ccc(C#N)c(Cl)c1. The summed E-state index contributed by atoms with van der Waals surface area (Å²) in [6.07, 6.45) is 1.84. The first-order chi connectivity index (χ1) is 6.67. The second-order valence-electron chi connectivity index (χ2n) is 2.43. The smallest absolute Gasteiger partial charge is 0.158 e. The summed E-state index contributed by atoms with van der Waals surface area (Å²) >= 11 is 7.17. The fourth-order valence-corrected chi connectivity index (χ4v) is 1.25. The van der Waals surface area contributed by atoms with Crippen molar-refractivity contribution in [2.45, 2.75) is 0 Å². The highest BCUT2D eigenvalue weighted by Crippen LogP contribution is 2.22. The number of hydrogen-bond donors (Lipinski definition) is 1. The lowest BCUT2D eigenvalue weighted by Crippen LogP contribution is -2.04. The van der Waals surface area contributed by atoms with Crippen LogP contribution in [-0.4, -0.2) is 11.4 Å². The Bertz CT molecular complexity index is 409. The normalized spacial score (nSPS) is 11.1. The number of aliphatic imine (C=N–C) groups is 1. The molecular weight excluding hydrogens is 218 g/mol. The second kappa shape index (κ2) is 4.89. The summed E-state index contributed by atoms with van der Waals surface area (Å²) in [5.41, 5.74) is 6.62. The van der Waals surface area contributed by atoms with Gasteiger partial charge in [0.05, 0.1) is 16.3 Å². The molecule has 0 saturated carbocycles. The number of rotatable bonds is 1. The zero-order chi connectivity index (χ0) is 10.6. The van der Waals surface area contributed by atoms with Crippen LogP contribution in [0, 0.1) is 11.3 Å². The van der Waals surface area contributed by atoms with E-state index in [0.717, 1.165) is 0 Å². The third-order valence-electron chi connectivity index (χ3n) is 1.52. The van der Waals surface area contributed by atoms with E-state index in [9.17, 15) is 0 Å². The molecule has 14 heavy (non-hydrogen) atoms. The lowest BCUT2D eigenvalue weighted by atomic mass is 10.2. The summed E-state index contributed by atoms with van der Waals surface area (Å²) in [6, 6.07) is 6.91. The van der Waals surface area contributed by atoms with Crippen LogP contribution >= 0.6 is 23.4 Å². The van der Waals surface area contributed by atoms with Gasteiger partial charge in [0, 0.05) is 0 Å². The van der Waals surface area contributed by atoms with Gasteiger partial charge in [-0.05, 0) is 24.5 Å². The van der Waals surface area contributed by atoms with Crippen molar-refractivity contribution in [1.82, 2.24) is 0 Å². The zero-order valence-electron chi connectivity index (χ0n) is 7.49. The zero-order valence-corrected chi connectivity index (χ0v) is 9.06.